The Bertz CT molecular complexity index is 942. The number of amides is 1. The third-order valence-corrected chi connectivity index (χ3v) is 3.80. The van der Waals surface area contributed by atoms with Crippen molar-refractivity contribution in [3.63, 3.8) is 0 Å². The number of phenolic OH excluding ortho intramolecular Hbond substituents is 1. The number of phenols is 1. The van der Waals surface area contributed by atoms with Gasteiger partial charge in [-0.1, -0.05) is 42.5 Å². The van der Waals surface area contributed by atoms with Crippen LogP contribution in [0.5, 0.6) is 5.75 Å². The summed E-state index contributed by atoms with van der Waals surface area (Å²) in [6.07, 6.45) is -1.25. The molecule has 0 aliphatic heterocycles. The van der Waals surface area contributed by atoms with Crippen LogP contribution in [0.25, 0.3) is 0 Å². The van der Waals surface area contributed by atoms with Gasteiger partial charge in [0.25, 0.3) is 5.91 Å². The second-order valence-electron chi connectivity index (χ2n) is 5.71. The summed E-state index contributed by atoms with van der Waals surface area (Å²) in [5.41, 5.74) is 0.773. The van der Waals surface area contributed by atoms with Crippen LogP contribution in [0.1, 0.15) is 22.0 Å². The summed E-state index contributed by atoms with van der Waals surface area (Å²) in [5, 5.41) is 12.4. The molecule has 3 aromatic carbocycles. The zero-order chi connectivity index (χ0) is 19.2. The minimum atomic E-state index is -1.25. The highest BCUT2D eigenvalue weighted by Crippen LogP contribution is 2.24. The Hall–Kier alpha value is -3.67. The molecule has 136 valence electrons. The number of halogens is 1. The average Bonchev–Trinajstić information content (AvgIpc) is 2.68. The van der Waals surface area contributed by atoms with Gasteiger partial charge in [-0.15, -0.1) is 0 Å². The van der Waals surface area contributed by atoms with E-state index in [0.717, 1.165) is 0 Å². The number of anilines is 1. The molecule has 0 aliphatic carbocycles. The molecule has 3 aromatic rings. The Kier molecular flexibility index (Phi) is 5.47. The van der Waals surface area contributed by atoms with Gasteiger partial charge in [-0.05, 0) is 36.4 Å². The van der Waals surface area contributed by atoms with E-state index in [2.05, 4.69) is 5.32 Å². The zero-order valence-electron chi connectivity index (χ0n) is 14.1. The summed E-state index contributed by atoms with van der Waals surface area (Å²) >= 11 is 0. The highest BCUT2D eigenvalue weighted by atomic mass is 19.1. The maximum Gasteiger partial charge on any atom is 0.343 e. The molecule has 5 nitrogen and oxygen atoms in total. The maximum atomic E-state index is 13.0. The molecule has 3 rings (SSSR count). The van der Waals surface area contributed by atoms with Crippen molar-refractivity contribution in [2.24, 2.45) is 0 Å². The van der Waals surface area contributed by atoms with E-state index in [-0.39, 0.29) is 11.3 Å². The molecule has 27 heavy (non-hydrogen) atoms. The smallest absolute Gasteiger partial charge is 0.343 e. The van der Waals surface area contributed by atoms with Gasteiger partial charge in [0, 0.05) is 11.3 Å². The SMILES string of the molecule is O=C(O[C@@H](C(=O)Nc1ccc(F)cc1)c1ccccc1)c1ccccc1O. The lowest BCUT2D eigenvalue weighted by Gasteiger charge is -2.18. The van der Waals surface area contributed by atoms with E-state index in [1.165, 1.54) is 36.4 Å². The standard InChI is InChI=1S/C21H16FNO4/c22-15-10-12-16(13-11-15)23-20(25)19(14-6-2-1-3-7-14)27-21(26)17-8-4-5-9-18(17)24/h1-13,19,24H,(H,23,25)/t19-/m1/s1. The number of hydrogen-bond acceptors (Lipinski definition) is 4. The largest absolute Gasteiger partial charge is 0.507 e. The monoisotopic (exact) mass is 365 g/mol. The molecule has 2 N–H and O–H groups in total. The van der Waals surface area contributed by atoms with Gasteiger partial charge in [0.05, 0.1) is 0 Å². The van der Waals surface area contributed by atoms with Crippen molar-refractivity contribution in [3.8, 4) is 5.75 Å². The Morgan fingerprint density at radius 2 is 1.52 bits per heavy atom. The highest BCUT2D eigenvalue weighted by Gasteiger charge is 2.26. The van der Waals surface area contributed by atoms with Gasteiger partial charge in [-0.2, -0.15) is 0 Å². The number of hydrogen-bond donors (Lipinski definition) is 2. The number of aromatic hydroxyl groups is 1. The van der Waals surface area contributed by atoms with Crippen molar-refractivity contribution in [1.29, 1.82) is 0 Å². The van der Waals surface area contributed by atoms with Gasteiger partial charge < -0.3 is 15.2 Å². The van der Waals surface area contributed by atoms with E-state index in [9.17, 15) is 19.1 Å². The number of esters is 1. The molecule has 0 aliphatic rings. The molecule has 6 heteroatoms. The number of benzene rings is 3. The maximum absolute atomic E-state index is 13.0. The van der Waals surface area contributed by atoms with Crippen molar-refractivity contribution >= 4 is 17.6 Å². The molecular formula is C21H16FNO4. The molecule has 0 heterocycles. The normalized spacial score (nSPS) is 11.4. The molecule has 0 saturated carbocycles. The highest BCUT2D eigenvalue weighted by molar-refractivity contribution is 5.99. The van der Waals surface area contributed by atoms with Gasteiger partial charge in [0.1, 0.15) is 17.1 Å². The van der Waals surface area contributed by atoms with Crippen LogP contribution in [0.2, 0.25) is 0 Å². The lowest BCUT2D eigenvalue weighted by Crippen LogP contribution is -2.26. The summed E-state index contributed by atoms with van der Waals surface area (Å²) in [6.45, 7) is 0. The van der Waals surface area contributed by atoms with Crippen LogP contribution < -0.4 is 5.32 Å². The van der Waals surface area contributed by atoms with Gasteiger partial charge in [0.15, 0.2) is 0 Å². The molecular weight excluding hydrogens is 349 g/mol. The molecule has 0 fully saturated rings. The van der Waals surface area contributed by atoms with Crippen LogP contribution in [0.15, 0.2) is 78.9 Å². The van der Waals surface area contributed by atoms with Crippen LogP contribution in [0.4, 0.5) is 10.1 Å². The Morgan fingerprint density at radius 1 is 0.889 bits per heavy atom. The third-order valence-electron chi connectivity index (χ3n) is 3.80. The van der Waals surface area contributed by atoms with Crippen molar-refractivity contribution < 1.29 is 23.8 Å². The van der Waals surface area contributed by atoms with E-state index < -0.39 is 23.8 Å². The molecule has 0 saturated heterocycles. The third kappa shape index (κ3) is 4.49. The Labute approximate surface area is 155 Å². The lowest BCUT2D eigenvalue weighted by molar-refractivity contribution is -0.125. The fourth-order valence-electron chi connectivity index (χ4n) is 2.46. The first kappa shape index (κ1) is 18.1. The predicted octanol–water partition coefficient (Wildman–Crippen LogP) is 4.07. The summed E-state index contributed by atoms with van der Waals surface area (Å²) in [6, 6.07) is 19.6. The summed E-state index contributed by atoms with van der Waals surface area (Å²) in [4.78, 5) is 25.1. The quantitative estimate of drug-likeness (QED) is 0.669. The number of ether oxygens (including phenoxy) is 1. The van der Waals surface area contributed by atoms with Crippen molar-refractivity contribution in [1.82, 2.24) is 0 Å². The van der Waals surface area contributed by atoms with Crippen LogP contribution in [-0.4, -0.2) is 17.0 Å². The number of carbonyl (C=O) groups is 2. The van der Waals surface area contributed by atoms with Crippen LogP contribution >= 0.6 is 0 Å². The predicted molar refractivity (Wildman–Crippen MR) is 97.7 cm³/mol. The van der Waals surface area contributed by atoms with Crippen molar-refractivity contribution in [3.05, 3.63) is 95.8 Å². The molecule has 0 spiro atoms. The summed E-state index contributed by atoms with van der Waals surface area (Å²) in [5.74, 6) is -2.11. The fraction of sp³-hybridized carbons (Fsp3) is 0.0476. The van der Waals surface area contributed by atoms with Crippen LogP contribution in [0, 0.1) is 5.82 Å². The first-order valence-electron chi connectivity index (χ1n) is 8.15. The van der Waals surface area contributed by atoms with Crippen LogP contribution in [0.3, 0.4) is 0 Å². The number of carbonyl (C=O) groups excluding carboxylic acids is 2. The number of rotatable bonds is 5. The van der Waals surface area contributed by atoms with E-state index in [1.54, 1.807) is 42.5 Å². The second-order valence-corrected chi connectivity index (χ2v) is 5.71. The topological polar surface area (TPSA) is 75.6 Å². The van der Waals surface area contributed by atoms with E-state index in [4.69, 9.17) is 4.74 Å². The minimum Gasteiger partial charge on any atom is -0.507 e. The van der Waals surface area contributed by atoms with Crippen molar-refractivity contribution in [2.45, 2.75) is 6.10 Å². The second kappa shape index (κ2) is 8.14. The lowest BCUT2D eigenvalue weighted by atomic mass is 10.1. The summed E-state index contributed by atoms with van der Waals surface area (Å²) in [7, 11) is 0. The Morgan fingerprint density at radius 3 is 2.19 bits per heavy atom. The average molecular weight is 365 g/mol. The van der Waals surface area contributed by atoms with Gasteiger partial charge in [-0.3, -0.25) is 4.79 Å². The molecule has 0 unspecified atom stereocenters. The van der Waals surface area contributed by atoms with E-state index in [0.29, 0.717) is 11.3 Å². The summed E-state index contributed by atoms with van der Waals surface area (Å²) < 4.78 is 18.4. The van der Waals surface area contributed by atoms with Crippen LogP contribution in [-0.2, 0) is 9.53 Å². The zero-order valence-corrected chi connectivity index (χ0v) is 14.1. The van der Waals surface area contributed by atoms with Gasteiger partial charge >= 0.3 is 5.97 Å². The van der Waals surface area contributed by atoms with Gasteiger partial charge in [-0.25, -0.2) is 9.18 Å². The Balaban J connectivity index is 1.85. The molecule has 1 amide bonds. The van der Waals surface area contributed by atoms with Gasteiger partial charge in [0.2, 0.25) is 6.10 Å². The number of nitrogens with one attached hydrogen (secondary N) is 1. The fourth-order valence-corrected chi connectivity index (χ4v) is 2.46. The van der Waals surface area contributed by atoms with E-state index in [1.807, 2.05) is 0 Å². The first-order valence-corrected chi connectivity index (χ1v) is 8.15. The van der Waals surface area contributed by atoms with E-state index >= 15 is 0 Å². The molecule has 1 atom stereocenters. The molecule has 0 aromatic heterocycles. The van der Waals surface area contributed by atoms with Crippen molar-refractivity contribution in [2.75, 3.05) is 5.32 Å². The first-order chi connectivity index (χ1) is 13.0. The molecule has 0 bridgehead atoms. The number of para-hydroxylation sites is 1. The molecule has 0 radical (unpaired) electrons. The minimum absolute atomic E-state index is 0.0481.